The van der Waals surface area contributed by atoms with E-state index in [1.807, 2.05) is 26.1 Å². The van der Waals surface area contributed by atoms with Crippen molar-refractivity contribution in [3.63, 3.8) is 0 Å². The van der Waals surface area contributed by atoms with Gasteiger partial charge in [0.1, 0.15) is 28.3 Å². The van der Waals surface area contributed by atoms with E-state index >= 15 is 0 Å². The Bertz CT molecular complexity index is 2480. The van der Waals surface area contributed by atoms with E-state index in [1.165, 1.54) is 33.2 Å². The fourth-order valence-electron chi connectivity index (χ4n) is 8.86. The first kappa shape index (κ1) is 33.2. The van der Waals surface area contributed by atoms with E-state index in [0.29, 0.717) is 11.6 Å². The number of aryl methyl sites for hydroxylation is 5. The minimum Gasteiger partial charge on any atom is -0.467 e. The number of rotatable bonds is 4. The summed E-state index contributed by atoms with van der Waals surface area (Å²) in [6, 6.07) is 23.9. The van der Waals surface area contributed by atoms with Crippen LogP contribution in [0, 0.1) is 34.6 Å². The summed E-state index contributed by atoms with van der Waals surface area (Å²) in [5, 5.41) is 2.32. The Hall–Kier alpha value is -4.97. The number of hydrogen-bond donors (Lipinski definition) is 0. The Morgan fingerprint density at radius 3 is 2.27 bits per heavy atom. The molecule has 6 nitrogen and oxygen atoms in total. The van der Waals surface area contributed by atoms with Crippen molar-refractivity contribution in [3.8, 4) is 17.2 Å². The summed E-state index contributed by atoms with van der Waals surface area (Å²) < 4.78 is 16.0. The van der Waals surface area contributed by atoms with E-state index in [4.69, 9.17) is 24.4 Å². The molecule has 0 saturated carbocycles. The third-order valence-electron chi connectivity index (χ3n) is 11.9. The lowest BCUT2D eigenvalue weighted by Gasteiger charge is -2.41. The minimum absolute atomic E-state index is 0.0377. The summed E-state index contributed by atoms with van der Waals surface area (Å²) in [5.41, 5.74) is 11.7. The standard InChI is InChI=1S/C45H48N4O2/c1-25-18-27(3)39-36(21-25)44(11)45(12,43(39,9)10)51-41(48-44)34-24-38(29(5)47-28(34)4)50-32-20-26(2)19-31(23-32)49-37-16-15-30(42(6,7)8)22-35(37)33-14-13-17-46-40(33)49/h13-24H,1-12H3/t44-,45+/m1/s1. The Kier molecular flexibility index (Phi) is 7.01. The minimum atomic E-state index is -0.579. The summed E-state index contributed by atoms with van der Waals surface area (Å²) in [4.78, 5) is 15.2. The molecular weight excluding hydrogens is 629 g/mol. The smallest absolute Gasteiger partial charge is 0.219 e. The van der Waals surface area contributed by atoms with Crippen LogP contribution in [-0.2, 0) is 21.1 Å². The van der Waals surface area contributed by atoms with Gasteiger partial charge in [-0.25, -0.2) is 9.98 Å². The van der Waals surface area contributed by atoms with Crippen LogP contribution in [0.15, 0.2) is 77.9 Å². The van der Waals surface area contributed by atoms with Gasteiger partial charge in [-0.15, -0.1) is 0 Å². The first-order chi connectivity index (χ1) is 23.9. The third kappa shape index (κ3) is 4.71. The van der Waals surface area contributed by atoms with Crippen LogP contribution < -0.4 is 4.74 Å². The van der Waals surface area contributed by atoms with Gasteiger partial charge in [-0.1, -0.05) is 58.4 Å². The predicted molar refractivity (Wildman–Crippen MR) is 208 cm³/mol. The molecule has 2 atom stereocenters. The summed E-state index contributed by atoms with van der Waals surface area (Å²) in [5.74, 6) is 2.02. The molecule has 1 aliphatic carbocycles. The van der Waals surface area contributed by atoms with E-state index < -0.39 is 11.1 Å². The van der Waals surface area contributed by atoms with Crippen LogP contribution in [0.4, 0.5) is 0 Å². The molecule has 0 spiro atoms. The van der Waals surface area contributed by atoms with Crippen LogP contribution in [0.5, 0.6) is 11.5 Å². The van der Waals surface area contributed by atoms with Crippen molar-refractivity contribution >= 4 is 27.8 Å². The zero-order valence-corrected chi connectivity index (χ0v) is 32.0. The quantitative estimate of drug-likeness (QED) is 0.186. The van der Waals surface area contributed by atoms with Crippen molar-refractivity contribution in [2.24, 2.45) is 4.99 Å². The average molecular weight is 677 g/mol. The van der Waals surface area contributed by atoms with Crippen molar-refractivity contribution in [2.75, 3.05) is 0 Å². The number of nitrogens with zero attached hydrogens (tertiary/aromatic N) is 4. The monoisotopic (exact) mass is 676 g/mol. The highest BCUT2D eigenvalue weighted by atomic mass is 16.5. The topological polar surface area (TPSA) is 61.5 Å². The molecule has 260 valence electrons. The second-order valence-corrected chi connectivity index (χ2v) is 16.8. The highest BCUT2D eigenvalue weighted by Crippen LogP contribution is 2.62. The van der Waals surface area contributed by atoms with E-state index in [9.17, 15) is 0 Å². The Labute approximate surface area is 301 Å². The summed E-state index contributed by atoms with van der Waals surface area (Å²) in [6.07, 6.45) is 1.86. The van der Waals surface area contributed by atoms with E-state index in [0.717, 1.165) is 50.5 Å². The molecule has 3 aromatic carbocycles. The fraction of sp³-hybridized carbons (Fsp3) is 0.356. The van der Waals surface area contributed by atoms with Crippen LogP contribution in [0.1, 0.15) is 98.8 Å². The second kappa shape index (κ2) is 10.8. The normalized spacial score (nSPS) is 20.7. The Balaban J connectivity index is 1.21. The maximum Gasteiger partial charge on any atom is 0.219 e. The van der Waals surface area contributed by atoms with Crippen LogP contribution in [0.3, 0.4) is 0 Å². The number of ether oxygens (including phenoxy) is 2. The van der Waals surface area contributed by atoms with Crippen LogP contribution >= 0.6 is 0 Å². The molecule has 0 unspecified atom stereocenters. The van der Waals surface area contributed by atoms with Crippen molar-refractivity contribution in [2.45, 2.75) is 105 Å². The molecule has 4 heterocycles. The zero-order valence-electron chi connectivity index (χ0n) is 32.0. The number of hydrogen-bond acceptors (Lipinski definition) is 5. The largest absolute Gasteiger partial charge is 0.467 e. The molecule has 0 bridgehead atoms. The van der Waals surface area contributed by atoms with Crippen molar-refractivity contribution in [1.82, 2.24) is 14.5 Å². The zero-order chi connectivity index (χ0) is 36.4. The SMILES string of the molecule is Cc1cc(Oc2cc(C3=N[C@]4(C)c5cc(C)cc(C)c5C(C)(C)[C@]4(C)O3)c(C)nc2C)cc(-n2c3ccc(C(C)(C)C)cc3c3cccnc32)c1. The molecule has 0 amide bonds. The Morgan fingerprint density at radius 2 is 1.53 bits per heavy atom. The fourth-order valence-corrected chi connectivity index (χ4v) is 8.86. The molecule has 6 aromatic rings. The van der Waals surface area contributed by atoms with Gasteiger partial charge in [-0.05, 0) is 124 Å². The van der Waals surface area contributed by atoms with E-state index in [2.05, 4.69) is 134 Å². The lowest BCUT2D eigenvalue weighted by Crippen LogP contribution is -2.51. The Morgan fingerprint density at radius 1 is 0.784 bits per heavy atom. The third-order valence-corrected chi connectivity index (χ3v) is 11.9. The average Bonchev–Trinajstić information content (AvgIpc) is 3.57. The molecule has 0 saturated heterocycles. The first-order valence-corrected chi connectivity index (χ1v) is 18.0. The summed E-state index contributed by atoms with van der Waals surface area (Å²) in [6.45, 7) is 26.3. The maximum atomic E-state index is 7.02. The van der Waals surface area contributed by atoms with Crippen molar-refractivity contribution in [3.05, 3.63) is 123 Å². The lowest BCUT2D eigenvalue weighted by molar-refractivity contribution is -0.0138. The number of fused-ring (bicyclic) bond motifs is 6. The molecule has 3 aromatic heterocycles. The summed E-state index contributed by atoms with van der Waals surface area (Å²) in [7, 11) is 0. The van der Waals surface area contributed by atoms with Gasteiger partial charge < -0.3 is 9.47 Å². The predicted octanol–water partition coefficient (Wildman–Crippen LogP) is 10.9. The van der Waals surface area contributed by atoms with Gasteiger partial charge in [0.2, 0.25) is 5.90 Å². The van der Waals surface area contributed by atoms with Gasteiger partial charge in [-0.3, -0.25) is 9.55 Å². The number of pyridine rings is 2. The number of benzene rings is 3. The molecule has 2 aliphatic rings. The molecular formula is C45H48N4O2. The van der Waals surface area contributed by atoms with Crippen LogP contribution in [-0.4, -0.2) is 26.0 Å². The highest BCUT2D eigenvalue weighted by Gasteiger charge is 2.68. The molecule has 0 N–H and O–H groups in total. The van der Waals surface area contributed by atoms with Gasteiger partial charge >= 0.3 is 0 Å². The summed E-state index contributed by atoms with van der Waals surface area (Å²) >= 11 is 0. The van der Waals surface area contributed by atoms with Gasteiger partial charge in [0.25, 0.3) is 0 Å². The van der Waals surface area contributed by atoms with Gasteiger partial charge in [0, 0.05) is 28.5 Å². The molecule has 8 rings (SSSR count). The lowest BCUT2D eigenvalue weighted by atomic mass is 9.70. The second-order valence-electron chi connectivity index (χ2n) is 16.8. The van der Waals surface area contributed by atoms with E-state index in [1.54, 1.807) is 0 Å². The molecule has 0 radical (unpaired) electrons. The van der Waals surface area contributed by atoms with Gasteiger partial charge in [0.05, 0.1) is 28.2 Å². The maximum absolute atomic E-state index is 7.02. The molecule has 0 fully saturated rings. The van der Waals surface area contributed by atoms with Crippen molar-refractivity contribution in [1.29, 1.82) is 0 Å². The first-order valence-electron chi connectivity index (χ1n) is 18.0. The number of aliphatic imine (C=N–C) groups is 1. The molecule has 1 aliphatic heterocycles. The van der Waals surface area contributed by atoms with Crippen molar-refractivity contribution < 1.29 is 9.47 Å². The molecule has 6 heteroatoms. The van der Waals surface area contributed by atoms with E-state index in [-0.39, 0.29) is 10.8 Å². The molecule has 51 heavy (non-hydrogen) atoms. The van der Waals surface area contributed by atoms with Crippen LogP contribution in [0.25, 0.3) is 27.6 Å². The van der Waals surface area contributed by atoms with Gasteiger partial charge in [-0.2, -0.15) is 0 Å². The number of aromatic nitrogens is 3. The van der Waals surface area contributed by atoms with Crippen LogP contribution in [0.2, 0.25) is 0 Å². The highest BCUT2D eigenvalue weighted by molar-refractivity contribution is 6.08. The van der Waals surface area contributed by atoms with Gasteiger partial charge in [0.15, 0.2) is 0 Å².